The summed E-state index contributed by atoms with van der Waals surface area (Å²) in [4.78, 5) is 19.7. The monoisotopic (exact) mass is 440 g/mol. The molecule has 0 bridgehead atoms. The van der Waals surface area contributed by atoms with Gasteiger partial charge in [-0.1, -0.05) is 35.8 Å². The molecule has 154 valence electrons. The Labute approximate surface area is 182 Å². The zero-order valence-corrected chi connectivity index (χ0v) is 18.2. The third kappa shape index (κ3) is 3.78. The van der Waals surface area contributed by atoms with Gasteiger partial charge in [-0.05, 0) is 42.6 Å². The van der Waals surface area contributed by atoms with Gasteiger partial charge in [0.05, 0.1) is 11.6 Å². The standard InChI is InChI=1S/C21H21ClN6OS/c1-2-8-27-9-7-16-17(11-27)30-21-19(16)20-25-18(26-28(20)13-23-21)12-29-24-10-14-3-5-15(22)6-4-14/h3-6,10,13H,2,7-9,11-12H2,1H3. The highest BCUT2D eigenvalue weighted by Gasteiger charge is 2.23. The Morgan fingerprint density at radius 2 is 2.17 bits per heavy atom. The lowest BCUT2D eigenvalue weighted by Gasteiger charge is -2.26. The van der Waals surface area contributed by atoms with Crippen LogP contribution in [0.2, 0.25) is 5.02 Å². The van der Waals surface area contributed by atoms with E-state index in [-0.39, 0.29) is 6.61 Å². The Morgan fingerprint density at radius 1 is 1.30 bits per heavy atom. The molecule has 1 aliphatic heterocycles. The number of oxime groups is 1. The van der Waals surface area contributed by atoms with E-state index in [2.05, 4.69) is 27.1 Å². The average Bonchev–Trinajstić information content (AvgIpc) is 3.32. The lowest BCUT2D eigenvalue weighted by Crippen LogP contribution is -2.30. The molecule has 7 nitrogen and oxygen atoms in total. The maximum absolute atomic E-state index is 5.89. The van der Waals surface area contributed by atoms with E-state index in [9.17, 15) is 0 Å². The molecule has 0 atom stereocenters. The topological polar surface area (TPSA) is 67.9 Å². The molecule has 3 aromatic heterocycles. The second-order valence-electron chi connectivity index (χ2n) is 7.31. The van der Waals surface area contributed by atoms with Crippen LogP contribution in [0.4, 0.5) is 0 Å². The first-order chi connectivity index (χ1) is 14.7. The van der Waals surface area contributed by atoms with Gasteiger partial charge in [0.25, 0.3) is 0 Å². The minimum absolute atomic E-state index is 0.198. The highest BCUT2D eigenvalue weighted by atomic mass is 35.5. The maximum atomic E-state index is 5.89. The lowest BCUT2D eigenvalue weighted by molar-refractivity contribution is 0.126. The maximum Gasteiger partial charge on any atom is 0.192 e. The molecule has 4 aromatic rings. The van der Waals surface area contributed by atoms with Crippen LogP contribution in [-0.4, -0.2) is 43.8 Å². The Morgan fingerprint density at radius 3 is 3.00 bits per heavy atom. The van der Waals surface area contributed by atoms with Crippen molar-refractivity contribution >= 4 is 45.0 Å². The Hall–Kier alpha value is -2.55. The molecule has 0 saturated carbocycles. The molecule has 0 radical (unpaired) electrons. The highest BCUT2D eigenvalue weighted by Crippen LogP contribution is 2.35. The molecular weight excluding hydrogens is 420 g/mol. The third-order valence-electron chi connectivity index (χ3n) is 5.18. The van der Waals surface area contributed by atoms with E-state index in [1.54, 1.807) is 28.4 Å². The van der Waals surface area contributed by atoms with Crippen LogP contribution in [0, 0.1) is 0 Å². The molecule has 4 heterocycles. The molecule has 0 N–H and O–H groups in total. The summed E-state index contributed by atoms with van der Waals surface area (Å²) in [5.41, 5.74) is 3.14. The van der Waals surface area contributed by atoms with Crippen molar-refractivity contribution < 1.29 is 4.84 Å². The molecular formula is C21H21ClN6OS. The second kappa shape index (κ2) is 8.29. The van der Waals surface area contributed by atoms with Gasteiger partial charge in [0.1, 0.15) is 11.2 Å². The van der Waals surface area contributed by atoms with Crippen LogP contribution in [0.3, 0.4) is 0 Å². The molecule has 5 rings (SSSR count). The zero-order chi connectivity index (χ0) is 20.5. The fourth-order valence-electron chi connectivity index (χ4n) is 3.80. The van der Waals surface area contributed by atoms with Crippen LogP contribution in [0.1, 0.15) is 35.2 Å². The van der Waals surface area contributed by atoms with E-state index in [0.717, 1.165) is 47.5 Å². The van der Waals surface area contributed by atoms with Gasteiger partial charge in [0, 0.05) is 23.0 Å². The van der Waals surface area contributed by atoms with E-state index < -0.39 is 0 Å². The van der Waals surface area contributed by atoms with Gasteiger partial charge in [-0.25, -0.2) is 14.5 Å². The van der Waals surface area contributed by atoms with Crippen molar-refractivity contribution in [2.24, 2.45) is 5.16 Å². The summed E-state index contributed by atoms with van der Waals surface area (Å²) in [5.74, 6) is 0.584. The predicted molar refractivity (Wildman–Crippen MR) is 119 cm³/mol. The number of nitrogens with zero attached hydrogens (tertiary/aromatic N) is 6. The molecule has 0 unspecified atom stereocenters. The molecule has 9 heteroatoms. The van der Waals surface area contributed by atoms with Crippen LogP contribution >= 0.6 is 22.9 Å². The van der Waals surface area contributed by atoms with Crippen LogP contribution in [0.15, 0.2) is 35.7 Å². The van der Waals surface area contributed by atoms with Gasteiger partial charge >= 0.3 is 0 Å². The number of fused-ring (bicyclic) bond motifs is 5. The normalized spacial score (nSPS) is 14.7. The number of benzene rings is 1. The smallest absolute Gasteiger partial charge is 0.192 e. The van der Waals surface area contributed by atoms with E-state index in [4.69, 9.17) is 21.4 Å². The average molecular weight is 441 g/mol. The van der Waals surface area contributed by atoms with Crippen molar-refractivity contribution in [1.82, 2.24) is 24.5 Å². The highest BCUT2D eigenvalue weighted by molar-refractivity contribution is 7.19. The number of aromatic nitrogens is 4. The summed E-state index contributed by atoms with van der Waals surface area (Å²) >= 11 is 7.66. The Kier molecular flexibility index (Phi) is 5.37. The molecule has 0 spiro atoms. The van der Waals surface area contributed by atoms with Gasteiger partial charge in [-0.3, -0.25) is 4.90 Å². The van der Waals surface area contributed by atoms with E-state index in [1.165, 1.54) is 16.9 Å². The van der Waals surface area contributed by atoms with Gasteiger partial charge in [-0.15, -0.1) is 16.4 Å². The van der Waals surface area contributed by atoms with E-state index >= 15 is 0 Å². The van der Waals surface area contributed by atoms with Crippen molar-refractivity contribution in [2.45, 2.75) is 32.9 Å². The largest absolute Gasteiger partial charge is 0.387 e. The number of hydrogen-bond donors (Lipinski definition) is 0. The number of halogens is 1. The molecule has 1 aromatic carbocycles. The zero-order valence-electron chi connectivity index (χ0n) is 16.6. The van der Waals surface area contributed by atoms with Gasteiger partial charge < -0.3 is 4.84 Å². The van der Waals surface area contributed by atoms with Crippen molar-refractivity contribution in [1.29, 1.82) is 0 Å². The summed E-state index contributed by atoms with van der Waals surface area (Å²) in [7, 11) is 0. The van der Waals surface area contributed by atoms with E-state index in [0.29, 0.717) is 10.8 Å². The van der Waals surface area contributed by atoms with Crippen molar-refractivity contribution in [3.63, 3.8) is 0 Å². The summed E-state index contributed by atoms with van der Waals surface area (Å²) in [5, 5.41) is 10.3. The summed E-state index contributed by atoms with van der Waals surface area (Å²) in [6.07, 6.45) is 5.58. The van der Waals surface area contributed by atoms with Crippen LogP contribution < -0.4 is 0 Å². The molecule has 1 aliphatic rings. The van der Waals surface area contributed by atoms with Crippen LogP contribution in [0.5, 0.6) is 0 Å². The Bertz CT molecular complexity index is 1220. The van der Waals surface area contributed by atoms with Gasteiger partial charge in [-0.2, -0.15) is 0 Å². The minimum atomic E-state index is 0.198. The first-order valence-corrected chi connectivity index (χ1v) is 11.2. The van der Waals surface area contributed by atoms with Crippen molar-refractivity contribution in [3.05, 3.63) is 57.4 Å². The quantitative estimate of drug-likeness (QED) is 0.330. The van der Waals surface area contributed by atoms with E-state index in [1.807, 2.05) is 24.3 Å². The van der Waals surface area contributed by atoms with Crippen LogP contribution in [-0.2, 0) is 24.4 Å². The summed E-state index contributed by atoms with van der Waals surface area (Å²) < 4.78 is 1.75. The Balaban J connectivity index is 1.36. The minimum Gasteiger partial charge on any atom is -0.387 e. The molecule has 0 saturated heterocycles. The predicted octanol–water partition coefficient (Wildman–Crippen LogP) is 4.31. The fraction of sp³-hybridized carbons (Fsp3) is 0.333. The lowest BCUT2D eigenvalue weighted by atomic mass is 10.1. The number of rotatable bonds is 6. The van der Waals surface area contributed by atoms with Crippen molar-refractivity contribution in [3.8, 4) is 0 Å². The first-order valence-electron chi connectivity index (χ1n) is 9.99. The third-order valence-corrected chi connectivity index (χ3v) is 6.56. The van der Waals surface area contributed by atoms with Crippen molar-refractivity contribution in [2.75, 3.05) is 13.1 Å². The van der Waals surface area contributed by atoms with Gasteiger partial charge in [0.15, 0.2) is 18.1 Å². The first kappa shape index (κ1) is 19.4. The fourth-order valence-corrected chi connectivity index (χ4v) is 5.15. The summed E-state index contributed by atoms with van der Waals surface area (Å²) in [6, 6.07) is 7.38. The summed E-state index contributed by atoms with van der Waals surface area (Å²) in [6.45, 7) is 5.64. The molecule has 0 amide bonds. The second-order valence-corrected chi connectivity index (χ2v) is 8.83. The number of hydrogen-bond acceptors (Lipinski definition) is 7. The van der Waals surface area contributed by atoms with Gasteiger partial charge in [0.2, 0.25) is 0 Å². The SMILES string of the molecule is CCCN1CCc2c(sc3ncn4nc(CON=Cc5ccc(Cl)cc5)nc4c23)C1. The molecule has 0 fully saturated rings. The molecule has 0 aliphatic carbocycles. The molecule has 30 heavy (non-hydrogen) atoms. The number of thiophene rings is 1. The van der Waals surface area contributed by atoms with Crippen LogP contribution in [0.25, 0.3) is 15.9 Å².